The van der Waals surface area contributed by atoms with Gasteiger partial charge in [0.1, 0.15) is 11.6 Å². The van der Waals surface area contributed by atoms with Crippen LogP contribution in [0.2, 0.25) is 0 Å². The monoisotopic (exact) mass is 291 g/mol. The highest BCUT2D eigenvalue weighted by atomic mass is 19.1. The van der Waals surface area contributed by atoms with Crippen LogP contribution in [0.1, 0.15) is 24.1 Å². The highest BCUT2D eigenvalue weighted by Crippen LogP contribution is 2.35. The minimum atomic E-state index is -0.364. The Morgan fingerprint density at radius 3 is 2.48 bits per heavy atom. The van der Waals surface area contributed by atoms with Crippen molar-refractivity contribution < 1.29 is 19.0 Å². The fourth-order valence-corrected chi connectivity index (χ4v) is 1.98. The van der Waals surface area contributed by atoms with Crippen LogP contribution in [0, 0.1) is 5.82 Å². The molecule has 21 heavy (non-hydrogen) atoms. The lowest BCUT2D eigenvalue weighted by Gasteiger charge is -2.16. The van der Waals surface area contributed by atoms with E-state index in [1.54, 1.807) is 25.1 Å². The van der Waals surface area contributed by atoms with Crippen LogP contribution in [-0.4, -0.2) is 12.2 Å². The standard InChI is InChI=1S/C16H18FNO3/c1-10(18)13-8-12(17)4-6-14(13)21-15-5-3-11(9-19)7-16(15)20-2/h3-8,10,19H,9,18H2,1-2H3/t10-/m0/s1. The Morgan fingerprint density at radius 1 is 1.14 bits per heavy atom. The van der Waals surface area contributed by atoms with Gasteiger partial charge in [0.15, 0.2) is 11.5 Å². The molecule has 0 spiro atoms. The first-order valence-electron chi connectivity index (χ1n) is 6.55. The minimum absolute atomic E-state index is 0.0850. The molecule has 2 aromatic rings. The summed E-state index contributed by atoms with van der Waals surface area (Å²) in [4.78, 5) is 0. The fourth-order valence-electron chi connectivity index (χ4n) is 1.98. The number of aliphatic hydroxyl groups excluding tert-OH is 1. The highest BCUT2D eigenvalue weighted by Gasteiger charge is 2.13. The van der Waals surface area contributed by atoms with Crippen LogP contribution in [-0.2, 0) is 6.61 Å². The Kier molecular flexibility index (Phi) is 4.77. The molecule has 0 fully saturated rings. The van der Waals surface area contributed by atoms with Gasteiger partial charge in [0.2, 0.25) is 0 Å². The SMILES string of the molecule is COc1cc(CO)ccc1Oc1ccc(F)cc1[C@H](C)N. The third-order valence-corrected chi connectivity index (χ3v) is 3.09. The zero-order valence-corrected chi connectivity index (χ0v) is 12.0. The average molecular weight is 291 g/mol. The molecule has 0 radical (unpaired) electrons. The molecular weight excluding hydrogens is 273 g/mol. The van der Waals surface area contributed by atoms with E-state index in [2.05, 4.69) is 0 Å². The molecule has 0 bridgehead atoms. The van der Waals surface area contributed by atoms with Crippen molar-refractivity contribution in [2.75, 3.05) is 7.11 Å². The molecule has 0 heterocycles. The van der Waals surface area contributed by atoms with Gasteiger partial charge >= 0.3 is 0 Å². The molecule has 4 nitrogen and oxygen atoms in total. The zero-order valence-electron chi connectivity index (χ0n) is 12.0. The molecule has 0 aliphatic carbocycles. The Labute approximate surface area is 122 Å². The fraction of sp³-hybridized carbons (Fsp3) is 0.250. The first kappa shape index (κ1) is 15.3. The minimum Gasteiger partial charge on any atom is -0.493 e. The van der Waals surface area contributed by atoms with E-state index in [0.717, 1.165) is 0 Å². The van der Waals surface area contributed by atoms with E-state index in [1.165, 1.54) is 25.3 Å². The summed E-state index contributed by atoms with van der Waals surface area (Å²) in [5.74, 6) is 1.07. The summed E-state index contributed by atoms with van der Waals surface area (Å²) in [6.45, 7) is 1.67. The van der Waals surface area contributed by atoms with Gasteiger partial charge < -0.3 is 20.3 Å². The topological polar surface area (TPSA) is 64.7 Å². The van der Waals surface area contributed by atoms with Gasteiger partial charge in [0.05, 0.1) is 13.7 Å². The van der Waals surface area contributed by atoms with Gasteiger partial charge in [-0.2, -0.15) is 0 Å². The number of aliphatic hydroxyl groups is 1. The molecule has 0 saturated carbocycles. The number of halogens is 1. The predicted molar refractivity (Wildman–Crippen MR) is 78.0 cm³/mol. The Bertz CT molecular complexity index is 629. The van der Waals surface area contributed by atoms with Crippen molar-refractivity contribution in [3.63, 3.8) is 0 Å². The Hall–Kier alpha value is -2.11. The molecule has 5 heteroatoms. The first-order chi connectivity index (χ1) is 10.0. The largest absolute Gasteiger partial charge is 0.493 e. The quantitative estimate of drug-likeness (QED) is 0.888. The highest BCUT2D eigenvalue weighted by molar-refractivity contribution is 5.47. The average Bonchev–Trinajstić information content (AvgIpc) is 2.49. The zero-order chi connectivity index (χ0) is 15.4. The Balaban J connectivity index is 2.38. The lowest BCUT2D eigenvalue weighted by Crippen LogP contribution is -2.07. The van der Waals surface area contributed by atoms with Gasteiger partial charge in [-0.05, 0) is 42.8 Å². The van der Waals surface area contributed by atoms with Crippen molar-refractivity contribution in [2.24, 2.45) is 5.73 Å². The van der Waals surface area contributed by atoms with Crippen LogP contribution in [0.3, 0.4) is 0 Å². The van der Waals surface area contributed by atoms with Gasteiger partial charge in [-0.1, -0.05) is 6.07 Å². The van der Waals surface area contributed by atoms with Crippen molar-refractivity contribution in [2.45, 2.75) is 19.6 Å². The maximum absolute atomic E-state index is 13.3. The number of methoxy groups -OCH3 is 1. The maximum Gasteiger partial charge on any atom is 0.169 e. The summed E-state index contributed by atoms with van der Waals surface area (Å²) >= 11 is 0. The van der Waals surface area contributed by atoms with E-state index >= 15 is 0 Å². The number of hydrogen-bond acceptors (Lipinski definition) is 4. The molecule has 0 aliphatic heterocycles. The van der Waals surface area contributed by atoms with Gasteiger partial charge in [-0.25, -0.2) is 4.39 Å². The van der Waals surface area contributed by atoms with Crippen LogP contribution in [0.4, 0.5) is 4.39 Å². The van der Waals surface area contributed by atoms with E-state index in [-0.39, 0.29) is 18.5 Å². The van der Waals surface area contributed by atoms with E-state index < -0.39 is 0 Å². The van der Waals surface area contributed by atoms with Crippen molar-refractivity contribution in [1.82, 2.24) is 0 Å². The van der Waals surface area contributed by atoms with E-state index in [0.29, 0.717) is 28.4 Å². The van der Waals surface area contributed by atoms with Crippen molar-refractivity contribution in [3.05, 3.63) is 53.3 Å². The molecule has 2 rings (SSSR count). The molecular formula is C16H18FNO3. The van der Waals surface area contributed by atoms with Gasteiger partial charge in [-0.15, -0.1) is 0 Å². The third-order valence-electron chi connectivity index (χ3n) is 3.09. The number of benzene rings is 2. The summed E-state index contributed by atoms with van der Waals surface area (Å²) < 4.78 is 24.4. The second-order valence-corrected chi connectivity index (χ2v) is 4.72. The summed E-state index contributed by atoms with van der Waals surface area (Å²) in [6.07, 6.45) is 0. The Morgan fingerprint density at radius 2 is 1.86 bits per heavy atom. The maximum atomic E-state index is 13.3. The predicted octanol–water partition coefficient (Wildman–Crippen LogP) is 3.14. The summed E-state index contributed by atoms with van der Waals surface area (Å²) in [6, 6.07) is 8.95. The van der Waals surface area contributed by atoms with E-state index in [9.17, 15) is 4.39 Å². The van der Waals surface area contributed by atoms with Crippen LogP contribution in [0.5, 0.6) is 17.2 Å². The van der Waals surface area contributed by atoms with Gasteiger partial charge in [-0.3, -0.25) is 0 Å². The van der Waals surface area contributed by atoms with Crippen LogP contribution >= 0.6 is 0 Å². The smallest absolute Gasteiger partial charge is 0.169 e. The van der Waals surface area contributed by atoms with E-state index in [1.807, 2.05) is 0 Å². The van der Waals surface area contributed by atoms with E-state index in [4.69, 9.17) is 20.3 Å². The summed E-state index contributed by atoms with van der Waals surface area (Å²) in [7, 11) is 1.51. The molecule has 0 aliphatic rings. The van der Waals surface area contributed by atoms with Crippen molar-refractivity contribution in [1.29, 1.82) is 0 Å². The van der Waals surface area contributed by atoms with Crippen LogP contribution in [0.15, 0.2) is 36.4 Å². The molecule has 0 saturated heterocycles. The molecule has 1 atom stereocenters. The number of rotatable bonds is 5. The molecule has 0 amide bonds. The van der Waals surface area contributed by atoms with Crippen LogP contribution < -0.4 is 15.2 Å². The second kappa shape index (κ2) is 6.56. The molecule has 3 N–H and O–H groups in total. The van der Waals surface area contributed by atoms with Gasteiger partial charge in [0, 0.05) is 11.6 Å². The van der Waals surface area contributed by atoms with Gasteiger partial charge in [0.25, 0.3) is 0 Å². The lowest BCUT2D eigenvalue weighted by atomic mass is 10.1. The molecule has 0 unspecified atom stereocenters. The third kappa shape index (κ3) is 3.51. The number of ether oxygens (including phenoxy) is 2. The summed E-state index contributed by atoms with van der Waals surface area (Å²) in [5, 5.41) is 9.13. The lowest BCUT2D eigenvalue weighted by molar-refractivity contribution is 0.280. The molecule has 2 aromatic carbocycles. The summed E-state index contributed by atoms with van der Waals surface area (Å²) in [5.41, 5.74) is 7.13. The molecule has 0 aromatic heterocycles. The van der Waals surface area contributed by atoms with Crippen LogP contribution in [0.25, 0.3) is 0 Å². The van der Waals surface area contributed by atoms with Crippen molar-refractivity contribution >= 4 is 0 Å². The van der Waals surface area contributed by atoms with Crippen molar-refractivity contribution in [3.8, 4) is 17.2 Å². The number of hydrogen-bond donors (Lipinski definition) is 2. The normalized spacial score (nSPS) is 12.0. The number of nitrogens with two attached hydrogens (primary N) is 1. The molecule has 112 valence electrons. The second-order valence-electron chi connectivity index (χ2n) is 4.72. The first-order valence-corrected chi connectivity index (χ1v) is 6.55.